The van der Waals surface area contributed by atoms with Crippen LogP contribution < -0.4 is 10.2 Å². The largest absolute Gasteiger partial charge is 0.371 e. The number of rotatable bonds is 6. The van der Waals surface area contributed by atoms with E-state index >= 15 is 0 Å². The molecule has 1 unspecified atom stereocenters. The van der Waals surface area contributed by atoms with Gasteiger partial charge in [0.25, 0.3) is 0 Å². The van der Waals surface area contributed by atoms with Crippen molar-refractivity contribution in [1.29, 1.82) is 5.26 Å². The maximum atomic E-state index is 9.32. The minimum absolute atomic E-state index is 0.388. The van der Waals surface area contributed by atoms with Crippen LogP contribution in [0.1, 0.15) is 44.2 Å². The second kappa shape index (κ2) is 6.95. The quantitative estimate of drug-likeness (QED) is 0.870. The van der Waals surface area contributed by atoms with Crippen molar-refractivity contribution in [3.05, 3.63) is 29.3 Å². The molecule has 0 saturated carbocycles. The Bertz CT molecular complexity index is 518. The zero-order valence-corrected chi connectivity index (χ0v) is 13.6. The highest BCUT2D eigenvalue weighted by atomic mass is 15.1. The Morgan fingerprint density at radius 1 is 1.43 bits per heavy atom. The van der Waals surface area contributed by atoms with Crippen molar-refractivity contribution in [3.63, 3.8) is 0 Å². The van der Waals surface area contributed by atoms with Crippen LogP contribution in [0.5, 0.6) is 0 Å². The van der Waals surface area contributed by atoms with Gasteiger partial charge >= 0.3 is 0 Å². The molecule has 1 aliphatic heterocycles. The lowest BCUT2D eigenvalue weighted by molar-refractivity contribution is 0.416. The first-order chi connectivity index (χ1) is 10.1. The summed E-state index contributed by atoms with van der Waals surface area (Å²) < 4.78 is 0. The summed E-state index contributed by atoms with van der Waals surface area (Å²) in [5, 5.41) is 12.6. The number of anilines is 1. The highest BCUT2D eigenvalue weighted by Crippen LogP contribution is 2.28. The molecule has 1 aliphatic rings. The van der Waals surface area contributed by atoms with Gasteiger partial charge in [-0.15, -0.1) is 0 Å². The molecule has 0 saturated heterocycles. The summed E-state index contributed by atoms with van der Waals surface area (Å²) in [5.74, 6) is 0. The second-order valence-corrected chi connectivity index (χ2v) is 6.30. The standard InChI is InChI=1S/C18H27N3/c1-4-20-18(3,14-19)10-6-12-21-11-5-7-16-13-15(2)8-9-17(16)21/h8-9,13,20H,4-7,10-12H2,1-3H3. The summed E-state index contributed by atoms with van der Waals surface area (Å²) in [5.41, 5.74) is 3.84. The van der Waals surface area contributed by atoms with Gasteiger partial charge in [-0.3, -0.25) is 5.32 Å². The van der Waals surface area contributed by atoms with E-state index < -0.39 is 0 Å². The summed E-state index contributed by atoms with van der Waals surface area (Å²) in [6, 6.07) is 9.20. The van der Waals surface area contributed by atoms with Crippen molar-refractivity contribution >= 4 is 5.69 Å². The average molecular weight is 285 g/mol. The van der Waals surface area contributed by atoms with Crippen molar-refractivity contribution in [1.82, 2.24) is 5.32 Å². The summed E-state index contributed by atoms with van der Waals surface area (Å²) in [6.45, 7) is 9.24. The molecule has 1 N–H and O–H groups in total. The van der Waals surface area contributed by atoms with Gasteiger partial charge in [0.1, 0.15) is 5.54 Å². The van der Waals surface area contributed by atoms with Gasteiger partial charge in [0.2, 0.25) is 0 Å². The molecule has 1 aromatic carbocycles. The predicted octanol–water partition coefficient (Wildman–Crippen LogP) is 3.42. The molecule has 0 spiro atoms. The Kier molecular flexibility index (Phi) is 5.25. The molecule has 0 aliphatic carbocycles. The Morgan fingerprint density at radius 2 is 2.24 bits per heavy atom. The van der Waals surface area contributed by atoms with Crippen LogP contribution >= 0.6 is 0 Å². The first-order valence-electron chi connectivity index (χ1n) is 8.09. The summed E-state index contributed by atoms with van der Waals surface area (Å²) in [6.07, 6.45) is 4.37. The molecule has 114 valence electrons. The number of hydrogen-bond acceptors (Lipinski definition) is 3. The number of fused-ring (bicyclic) bond motifs is 1. The Morgan fingerprint density at radius 3 is 2.95 bits per heavy atom. The van der Waals surface area contributed by atoms with Crippen molar-refractivity contribution in [3.8, 4) is 6.07 Å². The average Bonchev–Trinajstić information content (AvgIpc) is 2.47. The van der Waals surface area contributed by atoms with Crippen LogP contribution in [0.4, 0.5) is 5.69 Å². The van der Waals surface area contributed by atoms with Gasteiger partial charge in [0.15, 0.2) is 0 Å². The topological polar surface area (TPSA) is 39.1 Å². The van der Waals surface area contributed by atoms with E-state index in [2.05, 4.69) is 48.3 Å². The predicted molar refractivity (Wildman–Crippen MR) is 88.6 cm³/mol. The molecule has 0 radical (unpaired) electrons. The van der Waals surface area contributed by atoms with E-state index in [1.54, 1.807) is 0 Å². The second-order valence-electron chi connectivity index (χ2n) is 6.30. The van der Waals surface area contributed by atoms with Crippen molar-refractivity contribution in [2.45, 2.75) is 52.0 Å². The zero-order chi connectivity index (χ0) is 15.3. The molecule has 0 amide bonds. The molecular weight excluding hydrogens is 258 g/mol. The van der Waals surface area contributed by atoms with Gasteiger partial charge in [-0.25, -0.2) is 0 Å². The monoisotopic (exact) mass is 285 g/mol. The lowest BCUT2D eigenvalue weighted by atomic mass is 9.96. The van der Waals surface area contributed by atoms with Crippen LogP contribution in [0.3, 0.4) is 0 Å². The van der Waals surface area contributed by atoms with Gasteiger partial charge in [0.05, 0.1) is 6.07 Å². The van der Waals surface area contributed by atoms with Crippen LogP contribution in [-0.2, 0) is 6.42 Å². The third kappa shape index (κ3) is 3.98. The maximum absolute atomic E-state index is 9.32. The van der Waals surface area contributed by atoms with Crippen molar-refractivity contribution in [2.75, 3.05) is 24.5 Å². The van der Waals surface area contributed by atoms with Gasteiger partial charge in [0, 0.05) is 18.8 Å². The van der Waals surface area contributed by atoms with Gasteiger partial charge in [-0.05, 0) is 57.7 Å². The Labute approximate surface area is 129 Å². The van der Waals surface area contributed by atoms with E-state index in [4.69, 9.17) is 0 Å². The molecule has 1 heterocycles. The molecule has 2 rings (SSSR count). The van der Waals surface area contributed by atoms with Crippen molar-refractivity contribution < 1.29 is 0 Å². The van der Waals surface area contributed by atoms with Crippen molar-refractivity contribution in [2.24, 2.45) is 0 Å². The molecule has 0 fully saturated rings. The third-order valence-electron chi connectivity index (χ3n) is 4.37. The fourth-order valence-corrected chi connectivity index (χ4v) is 3.23. The lowest BCUT2D eigenvalue weighted by Gasteiger charge is -2.32. The minimum atomic E-state index is -0.388. The minimum Gasteiger partial charge on any atom is -0.371 e. The molecule has 1 atom stereocenters. The van der Waals surface area contributed by atoms with Crippen LogP contribution in [0.15, 0.2) is 18.2 Å². The number of nitrogens with zero attached hydrogens (tertiary/aromatic N) is 2. The molecule has 3 nitrogen and oxygen atoms in total. The van der Waals surface area contributed by atoms with E-state index in [0.29, 0.717) is 0 Å². The number of nitriles is 1. The smallest absolute Gasteiger partial charge is 0.103 e. The number of hydrogen-bond donors (Lipinski definition) is 1. The Balaban J connectivity index is 1.95. The molecular formula is C18H27N3. The third-order valence-corrected chi connectivity index (χ3v) is 4.37. The van der Waals surface area contributed by atoms with Crippen LogP contribution in [0, 0.1) is 18.3 Å². The summed E-state index contributed by atoms with van der Waals surface area (Å²) >= 11 is 0. The van der Waals surface area contributed by atoms with Gasteiger partial charge in [-0.1, -0.05) is 24.6 Å². The number of aryl methyl sites for hydroxylation is 2. The number of nitrogens with one attached hydrogen (secondary N) is 1. The van der Waals surface area contributed by atoms with Crippen LogP contribution in [-0.4, -0.2) is 25.2 Å². The van der Waals surface area contributed by atoms with E-state index in [1.807, 2.05) is 6.92 Å². The maximum Gasteiger partial charge on any atom is 0.103 e. The first-order valence-corrected chi connectivity index (χ1v) is 8.09. The van der Waals surface area contributed by atoms with E-state index in [-0.39, 0.29) is 5.54 Å². The van der Waals surface area contributed by atoms with Crippen LogP contribution in [0.25, 0.3) is 0 Å². The van der Waals surface area contributed by atoms with Crippen LogP contribution in [0.2, 0.25) is 0 Å². The fourth-order valence-electron chi connectivity index (χ4n) is 3.23. The Hall–Kier alpha value is -1.53. The summed E-state index contributed by atoms with van der Waals surface area (Å²) in [4.78, 5) is 2.49. The SMILES string of the molecule is CCNC(C)(C#N)CCCN1CCCc2cc(C)ccc21. The van der Waals surface area contributed by atoms with Gasteiger partial charge in [-0.2, -0.15) is 5.26 Å². The lowest BCUT2D eigenvalue weighted by Crippen LogP contribution is -2.41. The summed E-state index contributed by atoms with van der Waals surface area (Å²) in [7, 11) is 0. The first kappa shape index (κ1) is 15.9. The normalized spacial score (nSPS) is 17.0. The van der Waals surface area contributed by atoms with E-state index in [1.165, 1.54) is 29.7 Å². The van der Waals surface area contributed by atoms with E-state index in [9.17, 15) is 5.26 Å². The molecule has 1 aromatic rings. The highest BCUT2D eigenvalue weighted by molar-refractivity contribution is 5.56. The molecule has 3 heteroatoms. The molecule has 21 heavy (non-hydrogen) atoms. The molecule has 0 aromatic heterocycles. The highest BCUT2D eigenvalue weighted by Gasteiger charge is 2.23. The van der Waals surface area contributed by atoms with Gasteiger partial charge < -0.3 is 4.90 Å². The van der Waals surface area contributed by atoms with E-state index in [0.717, 1.165) is 32.5 Å². The zero-order valence-electron chi connectivity index (χ0n) is 13.6. The fraction of sp³-hybridized carbons (Fsp3) is 0.611. The number of benzene rings is 1. The molecule has 0 bridgehead atoms.